The van der Waals surface area contributed by atoms with E-state index in [1.165, 1.54) is 6.07 Å². The van der Waals surface area contributed by atoms with Gasteiger partial charge in [-0.3, -0.25) is 10.1 Å². The van der Waals surface area contributed by atoms with Gasteiger partial charge in [0.25, 0.3) is 5.69 Å². The molecule has 1 aliphatic heterocycles. The summed E-state index contributed by atoms with van der Waals surface area (Å²) in [5, 5.41) is 14.0. The third kappa shape index (κ3) is 3.37. The predicted octanol–water partition coefficient (Wildman–Crippen LogP) is 3.28. The molecule has 1 aliphatic rings. The zero-order valence-corrected chi connectivity index (χ0v) is 12.0. The topological polar surface area (TPSA) is 58.4 Å². The van der Waals surface area contributed by atoms with Crippen molar-refractivity contribution in [3.8, 4) is 0 Å². The van der Waals surface area contributed by atoms with Gasteiger partial charge in [0.1, 0.15) is 11.5 Å². The number of anilines is 1. The van der Waals surface area contributed by atoms with E-state index < -0.39 is 10.7 Å². The molecule has 20 heavy (non-hydrogen) atoms. The zero-order valence-electron chi connectivity index (χ0n) is 11.2. The van der Waals surface area contributed by atoms with Crippen molar-refractivity contribution in [2.45, 2.75) is 25.8 Å². The van der Waals surface area contributed by atoms with Gasteiger partial charge in [0.05, 0.1) is 16.0 Å². The number of benzene rings is 1. The molecular formula is C13H17ClFN3O2. The molecule has 0 saturated carbocycles. The Labute approximate surface area is 121 Å². The number of hydrogen-bond acceptors (Lipinski definition) is 4. The summed E-state index contributed by atoms with van der Waals surface area (Å²) < 4.78 is 13.3. The molecule has 0 aliphatic carbocycles. The molecule has 0 spiro atoms. The molecule has 0 radical (unpaired) electrons. The lowest BCUT2D eigenvalue weighted by Crippen LogP contribution is -2.38. The number of likely N-dealkylation sites (tertiary alicyclic amines) is 1. The van der Waals surface area contributed by atoms with E-state index in [2.05, 4.69) is 17.1 Å². The first-order valence-electron chi connectivity index (χ1n) is 6.63. The van der Waals surface area contributed by atoms with Crippen molar-refractivity contribution in [1.29, 1.82) is 0 Å². The van der Waals surface area contributed by atoms with Crippen LogP contribution >= 0.6 is 11.6 Å². The molecule has 1 fully saturated rings. The van der Waals surface area contributed by atoms with Crippen molar-refractivity contribution >= 4 is 23.0 Å². The summed E-state index contributed by atoms with van der Waals surface area (Å²) in [5.41, 5.74) is 0.0150. The van der Waals surface area contributed by atoms with Gasteiger partial charge in [-0.1, -0.05) is 18.5 Å². The normalized spacial score (nSPS) is 17.1. The summed E-state index contributed by atoms with van der Waals surface area (Å²) in [6.45, 7) is 5.03. The molecular weight excluding hydrogens is 285 g/mol. The van der Waals surface area contributed by atoms with E-state index >= 15 is 0 Å². The number of nitro groups is 1. The molecule has 0 bridgehead atoms. The molecule has 110 valence electrons. The highest BCUT2D eigenvalue weighted by atomic mass is 35.5. The highest BCUT2D eigenvalue weighted by molar-refractivity contribution is 6.31. The maximum atomic E-state index is 13.3. The van der Waals surface area contributed by atoms with Gasteiger partial charge < -0.3 is 10.2 Å². The van der Waals surface area contributed by atoms with Gasteiger partial charge in [0.2, 0.25) is 0 Å². The summed E-state index contributed by atoms with van der Waals surface area (Å²) in [6.07, 6.45) is 1.81. The van der Waals surface area contributed by atoms with Gasteiger partial charge >= 0.3 is 0 Å². The average Bonchev–Trinajstić information content (AvgIpc) is 2.43. The summed E-state index contributed by atoms with van der Waals surface area (Å²) in [7, 11) is 0. The van der Waals surface area contributed by atoms with Crippen LogP contribution in [0.25, 0.3) is 0 Å². The monoisotopic (exact) mass is 301 g/mol. The van der Waals surface area contributed by atoms with Crippen molar-refractivity contribution in [1.82, 2.24) is 4.90 Å². The molecule has 1 aromatic carbocycles. The van der Waals surface area contributed by atoms with Gasteiger partial charge in [-0.2, -0.15) is 0 Å². The van der Waals surface area contributed by atoms with E-state index in [1.807, 2.05) is 0 Å². The number of nitrogens with zero attached hydrogens (tertiary/aromatic N) is 2. The van der Waals surface area contributed by atoms with Crippen molar-refractivity contribution in [3.63, 3.8) is 0 Å². The number of nitrogens with one attached hydrogen (secondary N) is 1. The zero-order chi connectivity index (χ0) is 14.7. The first-order valence-corrected chi connectivity index (χ1v) is 7.01. The van der Waals surface area contributed by atoms with E-state index in [4.69, 9.17) is 11.6 Å². The lowest BCUT2D eigenvalue weighted by molar-refractivity contribution is -0.384. The predicted molar refractivity (Wildman–Crippen MR) is 76.8 cm³/mol. The second-order valence-corrected chi connectivity index (χ2v) is 5.30. The second kappa shape index (κ2) is 6.37. The lowest BCUT2D eigenvalue weighted by atomic mass is 10.0. The summed E-state index contributed by atoms with van der Waals surface area (Å²) in [4.78, 5) is 12.7. The van der Waals surface area contributed by atoms with Crippen LogP contribution in [-0.2, 0) is 0 Å². The minimum atomic E-state index is -0.773. The van der Waals surface area contributed by atoms with Crippen LogP contribution in [0.5, 0.6) is 0 Å². The first kappa shape index (κ1) is 15.0. The van der Waals surface area contributed by atoms with Crippen LogP contribution in [0.2, 0.25) is 5.02 Å². The Bertz CT molecular complexity index is 505. The number of halogens is 2. The van der Waals surface area contributed by atoms with Crippen molar-refractivity contribution in [3.05, 3.63) is 33.1 Å². The molecule has 7 heteroatoms. The van der Waals surface area contributed by atoms with Crippen LogP contribution in [-0.4, -0.2) is 35.5 Å². The van der Waals surface area contributed by atoms with Crippen LogP contribution < -0.4 is 5.32 Å². The molecule has 1 saturated heterocycles. The number of hydrogen-bond donors (Lipinski definition) is 1. The summed E-state index contributed by atoms with van der Waals surface area (Å²) in [5.74, 6) is -0.773. The Balaban J connectivity index is 2.13. The Morgan fingerprint density at radius 3 is 2.70 bits per heavy atom. The molecule has 1 heterocycles. The lowest BCUT2D eigenvalue weighted by Gasteiger charge is -2.31. The quantitative estimate of drug-likeness (QED) is 0.685. The van der Waals surface area contributed by atoms with Crippen molar-refractivity contribution < 1.29 is 9.31 Å². The molecule has 1 aromatic rings. The maximum absolute atomic E-state index is 13.3. The van der Waals surface area contributed by atoms with Gasteiger partial charge in [-0.05, 0) is 25.5 Å². The van der Waals surface area contributed by atoms with Gasteiger partial charge in [-0.25, -0.2) is 4.39 Å². The number of rotatable bonds is 4. The van der Waals surface area contributed by atoms with E-state index in [9.17, 15) is 14.5 Å². The van der Waals surface area contributed by atoms with E-state index in [-0.39, 0.29) is 22.4 Å². The number of nitro benzene ring substituents is 1. The molecule has 2 rings (SSSR count). The molecule has 5 nitrogen and oxygen atoms in total. The third-order valence-electron chi connectivity index (χ3n) is 3.63. The van der Waals surface area contributed by atoms with Crippen molar-refractivity contribution in [2.24, 2.45) is 0 Å². The summed E-state index contributed by atoms with van der Waals surface area (Å²) in [6, 6.07) is 2.31. The Hall–Kier alpha value is -1.40. The summed E-state index contributed by atoms with van der Waals surface area (Å²) >= 11 is 5.71. The standard InChI is InChI=1S/C13H17ClFN3O2/c1-2-17-5-3-9(4-6-17)16-12-7-10(14)11(15)8-13(12)18(19)20/h7-9,16H,2-6H2,1H3. The van der Waals surface area contributed by atoms with Crippen LogP contribution in [0.1, 0.15) is 19.8 Å². The molecule has 1 N–H and O–H groups in total. The Kier molecular flexibility index (Phi) is 4.77. The minimum absolute atomic E-state index is 0.107. The Morgan fingerprint density at radius 2 is 2.15 bits per heavy atom. The first-order chi connectivity index (χ1) is 9.51. The Morgan fingerprint density at radius 1 is 1.50 bits per heavy atom. The molecule has 0 atom stereocenters. The smallest absolute Gasteiger partial charge is 0.295 e. The van der Waals surface area contributed by atoms with Crippen LogP contribution in [0.15, 0.2) is 12.1 Å². The number of piperidine rings is 1. The maximum Gasteiger partial charge on any atom is 0.295 e. The molecule has 0 aromatic heterocycles. The van der Waals surface area contributed by atoms with E-state index in [1.54, 1.807) is 0 Å². The van der Waals surface area contributed by atoms with Crippen LogP contribution in [0.3, 0.4) is 0 Å². The van der Waals surface area contributed by atoms with Gasteiger partial charge in [0, 0.05) is 19.1 Å². The molecule has 0 unspecified atom stereocenters. The second-order valence-electron chi connectivity index (χ2n) is 4.89. The van der Waals surface area contributed by atoms with Crippen LogP contribution in [0, 0.1) is 15.9 Å². The molecule has 0 amide bonds. The fourth-order valence-electron chi connectivity index (χ4n) is 2.42. The largest absolute Gasteiger partial charge is 0.377 e. The van der Waals surface area contributed by atoms with Crippen LogP contribution in [0.4, 0.5) is 15.8 Å². The SMILES string of the molecule is CCN1CCC(Nc2cc(Cl)c(F)cc2[N+](=O)[O-])CC1. The van der Waals surface area contributed by atoms with Gasteiger partial charge in [-0.15, -0.1) is 0 Å². The fourth-order valence-corrected chi connectivity index (χ4v) is 2.58. The minimum Gasteiger partial charge on any atom is -0.377 e. The van der Waals surface area contributed by atoms with E-state index in [0.717, 1.165) is 38.5 Å². The van der Waals surface area contributed by atoms with E-state index in [0.29, 0.717) is 0 Å². The highest BCUT2D eigenvalue weighted by Crippen LogP contribution is 2.31. The highest BCUT2D eigenvalue weighted by Gasteiger charge is 2.23. The van der Waals surface area contributed by atoms with Gasteiger partial charge in [0.15, 0.2) is 0 Å². The average molecular weight is 302 g/mol. The van der Waals surface area contributed by atoms with Crippen molar-refractivity contribution in [2.75, 3.05) is 25.0 Å². The third-order valence-corrected chi connectivity index (χ3v) is 3.92. The fraction of sp³-hybridized carbons (Fsp3) is 0.538.